The van der Waals surface area contributed by atoms with Gasteiger partial charge in [0.1, 0.15) is 4.90 Å². The molecule has 8 nitrogen and oxygen atoms in total. The van der Waals surface area contributed by atoms with Crippen molar-refractivity contribution in [3.63, 3.8) is 0 Å². The van der Waals surface area contributed by atoms with Gasteiger partial charge in [-0.05, 0) is 19.4 Å². The van der Waals surface area contributed by atoms with E-state index in [1.165, 1.54) is 12.1 Å². The van der Waals surface area contributed by atoms with Crippen LogP contribution in [-0.4, -0.2) is 32.6 Å². The lowest BCUT2D eigenvalue weighted by Crippen LogP contribution is -2.32. The highest BCUT2D eigenvalue weighted by atomic mass is 32.2. The second-order valence-corrected chi connectivity index (χ2v) is 6.69. The first-order chi connectivity index (χ1) is 9.81. The van der Waals surface area contributed by atoms with E-state index in [0.29, 0.717) is 6.61 Å². The Bertz CT molecular complexity index is 646. The van der Waals surface area contributed by atoms with E-state index in [0.717, 1.165) is 12.5 Å². The lowest BCUT2D eigenvalue weighted by Gasteiger charge is -2.15. The van der Waals surface area contributed by atoms with Gasteiger partial charge in [-0.15, -0.1) is 0 Å². The molecule has 21 heavy (non-hydrogen) atoms. The number of anilines is 1. The molecule has 0 saturated carbocycles. The van der Waals surface area contributed by atoms with E-state index in [4.69, 9.17) is 10.5 Å². The molecule has 9 heteroatoms. The molecule has 1 fully saturated rings. The van der Waals surface area contributed by atoms with Gasteiger partial charge in [0, 0.05) is 31.2 Å². The summed E-state index contributed by atoms with van der Waals surface area (Å²) in [7, 11) is -3.89. The molecule has 1 aliphatic rings. The molecule has 2 rings (SSSR count). The standard InChI is InChI=1S/C12H17N3O5S/c1-8-9(4-5-20-8)7-14-21(18,19)12-6-10(15(16)17)2-3-11(12)13/h2-3,6,8-9,14H,4-5,7,13H2,1H3. The number of hydrogen-bond acceptors (Lipinski definition) is 6. The predicted octanol–water partition coefficient (Wildman–Crippen LogP) is 0.880. The Balaban J connectivity index is 2.19. The largest absolute Gasteiger partial charge is 0.398 e. The molecule has 0 amide bonds. The molecule has 0 bridgehead atoms. The van der Waals surface area contributed by atoms with Gasteiger partial charge in [0.15, 0.2) is 0 Å². The van der Waals surface area contributed by atoms with Crippen molar-refractivity contribution in [3.05, 3.63) is 28.3 Å². The number of ether oxygens (including phenoxy) is 1. The molecular formula is C12H17N3O5S. The fraction of sp³-hybridized carbons (Fsp3) is 0.500. The van der Waals surface area contributed by atoms with Gasteiger partial charge in [0.05, 0.1) is 16.7 Å². The number of non-ortho nitro benzene ring substituents is 1. The lowest BCUT2D eigenvalue weighted by molar-refractivity contribution is -0.385. The Hall–Kier alpha value is -1.71. The van der Waals surface area contributed by atoms with E-state index >= 15 is 0 Å². The quantitative estimate of drug-likeness (QED) is 0.472. The fourth-order valence-corrected chi connectivity index (χ4v) is 3.45. The number of hydrogen-bond donors (Lipinski definition) is 2. The Morgan fingerprint density at radius 1 is 1.52 bits per heavy atom. The second kappa shape index (κ2) is 5.96. The maximum atomic E-state index is 12.2. The second-order valence-electron chi connectivity index (χ2n) is 4.96. The van der Waals surface area contributed by atoms with Gasteiger partial charge in [-0.1, -0.05) is 0 Å². The Labute approximate surface area is 122 Å². The average molecular weight is 315 g/mol. The Morgan fingerprint density at radius 3 is 2.81 bits per heavy atom. The van der Waals surface area contributed by atoms with Crippen molar-refractivity contribution < 1.29 is 18.1 Å². The average Bonchev–Trinajstić information content (AvgIpc) is 2.82. The number of rotatable bonds is 5. The van der Waals surface area contributed by atoms with Crippen LogP contribution in [0.2, 0.25) is 0 Å². The van der Waals surface area contributed by atoms with E-state index in [1.807, 2.05) is 6.92 Å². The summed E-state index contributed by atoms with van der Waals surface area (Å²) in [4.78, 5) is 9.80. The van der Waals surface area contributed by atoms with Crippen molar-refractivity contribution in [1.29, 1.82) is 0 Å². The molecule has 2 atom stereocenters. The van der Waals surface area contributed by atoms with Crippen LogP contribution in [0.5, 0.6) is 0 Å². The molecule has 0 aromatic heterocycles. The zero-order chi connectivity index (χ0) is 15.6. The summed E-state index contributed by atoms with van der Waals surface area (Å²) in [6.07, 6.45) is 0.754. The Kier molecular flexibility index (Phi) is 4.45. The van der Waals surface area contributed by atoms with Crippen LogP contribution in [-0.2, 0) is 14.8 Å². The number of nitrogen functional groups attached to an aromatic ring is 1. The van der Waals surface area contributed by atoms with Crippen molar-refractivity contribution in [3.8, 4) is 0 Å². The van der Waals surface area contributed by atoms with E-state index in [9.17, 15) is 18.5 Å². The number of benzene rings is 1. The highest BCUT2D eigenvalue weighted by Crippen LogP contribution is 2.25. The molecule has 1 saturated heterocycles. The van der Waals surface area contributed by atoms with Crippen LogP contribution in [0.15, 0.2) is 23.1 Å². The predicted molar refractivity (Wildman–Crippen MR) is 76.2 cm³/mol. The van der Waals surface area contributed by atoms with Gasteiger partial charge in [-0.2, -0.15) is 0 Å². The van der Waals surface area contributed by atoms with Crippen LogP contribution in [0.3, 0.4) is 0 Å². The first-order valence-corrected chi connectivity index (χ1v) is 7.95. The number of nitro benzene ring substituents is 1. The number of sulfonamides is 1. The zero-order valence-corrected chi connectivity index (χ0v) is 12.3. The van der Waals surface area contributed by atoms with Crippen LogP contribution in [0, 0.1) is 16.0 Å². The SMILES string of the molecule is CC1OCCC1CNS(=O)(=O)c1cc([N+](=O)[O-])ccc1N. The van der Waals surface area contributed by atoms with Gasteiger partial charge in [0.2, 0.25) is 10.0 Å². The summed E-state index contributed by atoms with van der Waals surface area (Å²) in [5, 5.41) is 10.7. The number of nitrogens with zero attached hydrogens (tertiary/aromatic N) is 1. The molecule has 3 N–H and O–H groups in total. The molecule has 1 aromatic rings. The number of nitro groups is 1. The topological polar surface area (TPSA) is 125 Å². The van der Waals surface area contributed by atoms with E-state index in [1.54, 1.807) is 0 Å². The van der Waals surface area contributed by atoms with Crippen LogP contribution in [0.4, 0.5) is 11.4 Å². The molecule has 0 radical (unpaired) electrons. The summed E-state index contributed by atoms with van der Waals surface area (Å²) in [5.41, 5.74) is 5.28. The summed E-state index contributed by atoms with van der Waals surface area (Å²) in [6.45, 7) is 2.70. The van der Waals surface area contributed by atoms with Gasteiger partial charge in [0.25, 0.3) is 5.69 Å². The van der Waals surface area contributed by atoms with Crippen molar-refractivity contribution in [2.75, 3.05) is 18.9 Å². The number of nitrogens with one attached hydrogen (secondary N) is 1. The van der Waals surface area contributed by atoms with Crippen LogP contribution < -0.4 is 10.5 Å². The van der Waals surface area contributed by atoms with Gasteiger partial charge >= 0.3 is 0 Å². The molecular weight excluding hydrogens is 298 g/mol. The number of nitrogens with two attached hydrogens (primary N) is 1. The van der Waals surface area contributed by atoms with E-state index in [-0.39, 0.29) is 34.8 Å². The molecule has 1 heterocycles. The van der Waals surface area contributed by atoms with Crippen molar-refractivity contribution in [2.45, 2.75) is 24.3 Å². The molecule has 0 aliphatic carbocycles. The third-order valence-electron chi connectivity index (χ3n) is 3.57. The summed E-state index contributed by atoms with van der Waals surface area (Å²) >= 11 is 0. The zero-order valence-electron chi connectivity index (χ0n) is 11.5. The molecule has 1 aromatic carbocycles. The van der Waals surface area contributed by atoms with Crippen molar-refractivity contribution in [2.24, 2.45) is 5.92 Å². The van der Waals surface area contributed by atoms with Crippen molar-refractivity contribution in [1.82, 2.24) is 4.72 Å². The minimum atomic E-state index is -3.89. The first kappa shape index (κ1) is 15.7. The van der Waals surface area contributed by atoms with Crippen LogP contribution in [0.25, 0.3) is 0 Å². The third kappa shape index (κ3) is 3.49. The summed E-state index contributed by atoms with van der Waals surface area (Å²) in [5.74, 6) is 0.0831. The van der Waals surface area contributed by atoms with Crippen molar-refractivity contribution >= 4 is 21.4 Å². The van der Waals surface area contributed by atoms with E-state index in [2.05, 4.69) is 4.72 Å². The summed E-state index contributed by atoms with van der Waals surface area (Å²) < 4.78 is 32.3. The van der Waals surface area contributed by atoms with Crippen LogP contribution in [0.1, 0.15) is 13.3 Å². The van der Waals surface area contributed by atoms with Gasteiger partial charge < -0.3 is 10.5 Å². The molecule has 1 aliphatic heterocycles. The normalized spacial score (nSPS) is 22.3. The smallest absolute Gasteiger partial charge is 0.270 e. The van der Waals surface area contributed by atoms with Gasteiger partial charge in [-0.3, -0.25) is 10.1 Å². The van der Waals surface area contributed by atoms with E-state index < -0.39 is 14.9 Å². The highest BCUT2D eigenvalue weighted by molar-refractivity contribution is 7.89. The monoisotopic (exact) mass is 315 g/mol. The Morgan fingerprint density at radius 2 is 2.24 bits per heavy atom. The fourth-order valence-electron chi connectivity index (χ4n) is 2.21. The minimum absolute atomic E-state index is 0.0184. The molecule has 2 unspecified atom stereocenters. The molecule has 116 valence electrons. The minimum Gasteiger partial charge on any atom is -0.398 e. The maximum Gasteiger partial charge on any atom is 0.270 e. The molecule has 0 spiro atoms. The lowest BCUT2D eigenvalue weighted by atomic mass is 10.0. The third-order valence-corrected chi connectivity index (χ3v) is 5.05. The summed E-state index contributed by atoms with van der Waals surface area (Å²) in [6, 6.07) is 3.35. The first-order valence-electron chi connectivity index (χ1n) is 6.46. The maximum absolute atomic E-state index is 12.2. The van der Waals surface area contributed by atoms with Gasteiger partial charge in [-0.25, -0.2) is 13.1 Å². The van der Waals surface area contributed by atoms with Crippen LogP contribution >= 0.6 is 0 Å². The highest BCUT2D eigenvalue weighted by Gasteiger charge is 2.27.